The summed E-state index contributed by atoms with van der Waals surface area (Å²) < 4.78 is 0. The molecule has 406 valence electrons. The lowest BCUT2D eigenvalue weighted by Crippen LogP contribution is -2.45. The van der Waals surface area contributed by atoms with Crippen molar-refractivity contribution in [3.05, 3.63) is 122 Å². The minimum Gasteiger partial charge on any atom is -0.394 e. The zero-order valence-electron chi connectivity index (χ0n) is 46.7. The third kappa shape index (κ3) is 57.6. The second-order valence-corrected chi connectivity index (χ2v) is 20.0. The van der Waals surface area contributed by atoms with Crippen molar-refractivity contribution in [3.8, 4) is 0 Å². The molecule has 0 aliphatic carbocycles. The molecule has 0 radical (unpaired) electrons. The molecule has 0 aliphatic rings. The van der Waals surface area contributed by atoms with E-state index < -0.39 is 12.1 Å². The molecule has 0 saturated heterocycles. The highest BCUT2D eigenvalue weighted by atomic mass is 16.3. The lowest BCUT2D eigenvalue weighted by atomic mass is 10.0. The van der Waals surface area contributed by atoms with Gasteiger partial charge in [0.15, 0.2) is 0 Å². The van der Waals surface area contributed by atoms with Crippen molar-refractivity contribution in [1.82, 2.24) is 5.32 Å². The van der Waals surface area contributed by atoms with Crippen LogP contribution in [0.15, 0.2) is 122 Å². The summed E-state index contributed by atoms with van der Waals surface area (Å²) in [5.74, 6) is -0.0578. The standard InChI is InChI=1S/C67H115NO3/c1-3-5-7-9-11-13-15-17-19-21-23-25-27-29-30-31-32-33-34-35-36-37-38-39-41-43-45-47-49-51-53-55-57-59-61-63-67(71)68-65(64-69)66(70)62-60-58-56-54-52-50-48-46-44-42-40-28-26-24-22-20-18-16-14-12-10-8-6-4-2/h5,7,11,13,17,19,23,25,29-30,32-33,35-36,38-39,43,45,49,51,65-66,69-70H,3-4,6,8-10,12,14-16,18,20-22,24,26-28,31,34,37,40-42,44,46-48,50,52-64H2,1-2H3,(H,68,71)/b7-5-,13-11-,19-17-,25-23-,30-29-,33-32-,36-35-,39-38-,45-43-,51-49-. The van der Waals surface area contributed by atoms with E-state index in [0.29, 0.717) is 12.8 Å². The van der Waals surface area contributed by atoms with Gasteiger partial charge in [-0.15, -0.1) is 0 Å². The first-order valence-corrected chi connectivity index (χ1v) is 30.2. The second-order valence-electron chi connectivity index (χ2n) is 20.0. The molecule has 3 N–H and O–H groups in total. The quantitative estimate of drug-likeness (QED) is 0.0420. The highest BCUT2D eigenvalue weighted by Crippen LogP contribution is 2.17. The number of hydrogen-bond acceptors (Lipinski definition) is 3. The van der Waals surface area contributed by atoms with Crippen LogP contribution in [0.1, 0.15) is 277 Å². The van der Waals surface area contributed by atoms with Gasteiger partial charge < -0.3 is 15.5 Å². The Labute approximate surface area is 441 Å². The van der Waals surface area contributed by atoms with Crippen LogP contribution in [0.5, 0.6) is 0 Å². The summed E-state index contributed by atoms with van der Waals surface area (Å²) in [5, 5.41) is 23.4. The van der Waals surface area contributed by atoms with Gasteiger partial charge in [0.05, 0.1) is 18.8 Å². The van der Waals surface area contributed by atoms with Gasteiger partial charge in [0.2, 0.25) is 5.91 Å². The van der Waals surface area contributed by atoms with Crippen molar-refractivity contribution in [3.63, 3.8) is 0 Å². The number of hydrogen-bond donors (Lipinski definition) is 3. The summed E-state index contributed by atoms with van der Waals surface area (Å²) in [6.07, 6.45) is 93.3. The normalized spacial score (nSPS) is 13.7. The third-order valence-electron chi connectivity index (χ3n) is 13.2. The van der Waals surface area contributed by atoms with Crippen molar-refractivity contribution >= 4 is 5.91 Å². The fraction of sp³-hybridized carbons (Fsp3) is 0.687. The summed E-state index contributed by atoms with van der Waals surface area (Å²) in [4.78, 5) is 12.5. The fourth-order valence-electron chi connectivity index (χ4n) is 8.68. The first-order valence-electron chi connectivity index (χ1n) is 30.2. The first kappa shape index (κ1) is 67.8. The maximum Gasteiger partial charge on any atom is 0.220 e. The zero-order valence-corrected chi connectivity index (χ0v) is 46.7. The number of carbonyl (C=O) groups excluding carboxylic acids is 1. The third-order valence-corrected chi connectivity index (χ3v) is 13.2. The molecule has 4 nitrogen and oxygen atoms in total. The Kier molecular flexibility index (Phi) is 58.3. The Hall–Kier alpha value is -3.21. The first-order chi connectivity index (χ1) is 35.2. The van der Waals surface area contributed by atoms with Gasteiger partial charge in [-0.2, -0.15) is 0 Å². The molecule has 71 heavy (non-hydrogen) atoms. The highest BCUT2D eigenvalue weighted by molar-refractivity contribution is 5.76. The molecule has 0 fully saturated rings. The molecule has 0 aromatic rings. The summed E-state index contributed by atoms with van der Waals surface area (Å²) in [6.45, 7) is 4.25. The molecule has 2 unspecified atom stereocenters. The van der Waals surface area contributed by atoms with Gasteiger partial charge in [-0.25, -0.2) is 0 Å². The lowest BCUT2D eigenvalue weighted by molar-refractivity contribution is -0.123. The minimum atomic E-state index is -0.681. The number of rotatable bonds is 54. The van der Waals surface area contributed by atoms with Crippen LogP contribution in [0.4, 0.5) is 0 Å². The number of aliphatic hydroxyl groups excluding tert-OH is 2. The van der Waals surface area contributed by atoms with Crippen LogP contribution in [0.2, 0.25) is 0 Å². The van der Waals surface area contributed by atoms with Crippen LogP contribution in [0, 0.1) is 0 Å². The summed E-state index contributed by atoms with van der Waals surface area (Å²) in [5.41, 5.74) is 0. The predicted molar refractivity (Wildman–Crippen MR) is 317 cm³/mol. The van der Waals surface area contributed by atoms with Crippen molar-refractivity contribution in [2.24, 2.45) is 0 Å². The van der Waals surface area contributed by atoms with E-state index in [9.17, 15) is 15.0 Å². The van der Waals surface area contributed by atoms with Gasteiger partial charge in [-0.1, -0.05) is 302 Å². The van der Waals surface area contributed by atoms with Gasteiger partial charge >= 0.3 is 0 Å². The Bertz CT molecular complexity index is 1390. The Morgan fingerprint density at radius 3 is 0.930 bits per heavy atom. The number of amides is 1. The number of aliphatic hydroxyl groups is 2. The smallest absolute Gasteiger partial charge is 0.220 e. The van der Waals surface area contributed by atoms with Gasteiger partial charge in [0, 0.05) is 6.42 Å². The number of nitrogens with one attached hydrogen (secondary N) is 1. The van der Waals surface area contributed by atoms with Crippen LogP contribution < -0.4 is 5.32 Å². The van der Waals surface area contributed by atoms with E-state index >= 15 is 0 Å². The average Bonchev–Trinajstić information content (AvgIpc) is 3.37. The second kappa shape index (κ2) is 61.1. The van der Waals surface area contributed by atoms with Gasteiger partial charge in [0.1, 0.15) is 0 Å². The van der Waals surface area contributed by atoms with Crippen LogP contribution in [0.25, 0.3) is 0 Å². The molecule has 0 aliphatic heterocycles. The van der Waals surface area contributed by atoms with Crippen molar-refractivity contribution in [2.75, 3.05) is 6.61 Å². The van der Waals surface area contributed by atoms with Crippen molar-refractivity contribution in [2.45, 2.75) is 289 Å². The Balaban J connectivity index is 3.62. The van der Waals surface area contributed by atoms with Crippen LogP contribution >= 0.6 is 0 Å². The van der Waals surface area contributed by atoms with Gasteiger partial charge in [0.25, 0.3) is 0 Å². The molecule has 0 aromatic heterocycles. The van der Waals surface area contributed by atoms with Crippen LogP contribution in [0.3, 0.4) is 0 Å². The van der Waals surface area contributed by atoms with Gasteiger partial charge in [-0.05, 0) is 89.9 Å². The topological polar surface area (TPSA) is 69.6 Å². The highest BCUT2D eigenvalue weighted by Gasteiger charge is 2.20. The molecule has 2 atom stereocenters. The zero-order chi connectivity index (χ0) is 51.3. The molecule has 0 rings (SSSR count). The largest absolute Gasteiger partial charge is 0.394 e. The monoisotopic (exact) mass is 982 g/mol. The van der Waals surface area contributed by atoms with E-state index in [-0.39, 0.29) is 12.5 Å². The average molecular weight is 983 g/mol. The van der Waals surface area contributed by atoms with Crippen molar-refractivity contribution < 1.29 is 15.0 Å². The summed E-state index contributed by atoms with van der Waals surface area (Å²) >= 11 is 0. The maximum atomic E-state index is 12.5. The van der Waals surface area contributed by atoms with E-state index in [1.165, 1.54) is 141 Å². The molecular weight excluding hydrogens is 867 g/mol. The molecule has 0 spiro atoms. The van der Waals surface area contributed by atoms with Crippen LogP contribution in [-0.4, -0.2) is 34.9 Å². The molecule has 1 amide bonds. The van der Waals surface area contributed by atoms with Crippen LogP contribution in [-0.2, 0) is 4.79 Å². The molecular formula is C67H115NO3. The molecule has 4 heteroatoms. The molecule has 0 bridgehead atoms. The Morgan fingerprint density at radius 2 is 0.620 bits per heavy atom. The van der Waals surface area contributed by atoms with E-state index in [4.69, 9.17) is 0 Å². The predicted octanol–water partition coefficient (Wildman–Crippen LogP) is 20.4. The summed E-state index contributed by atoms with van der Waals surface area (Å²) in [7, 11) is 0. The molecule has 0 saturated carbocycles. The van der Waals surface area contributed by atoms with E-state index in [1.54, 1.807) is 0 Å². The molecule has 0 heterocycles. The van der Waals surface area contributed by atoms with Gasteiger partial charge in [-0.3, -0.25) is 4.79 Å². The van der Waals surface area contributed by atoms with E-state index in [0.717, 1.165) is 109 Å². The number of unbranched alkanes of at least 4 members (excludes halogenated alkanes) is 27. The van der Waals surface area contributed by atoms with Crippen molar-refractivity contribution in [1.29, 1.82) is 0 Å². The number of carbonyl (C=O) groups is 1. The lowest BCUT2D eigenvalue weighted by Gasteiger charge is -2.22. The summed E-state index contributed by atoms with van der Waals surface area (Å²) in [6, 6.07) is -0.561. The van der Waals surface area contributed by atoms with E-state index in [1.807, 2.05) is 0 Å². The number of allylic oxidation sites excluding steroid dienone is 20. The van der Waals surface area contributed by atoms with E-state index in [2.05, 4.69) is 141 Å². The minimum absolute atomic E-state index is 0.0578. The SMILES string of the molecule is CC/C=C\C/C=C\C/C=C\C/C=C\C/C=C\C/C=C\C/C=C\C/C=C\C/C=C\C/C=C\CCCCCCC(=O)NC(CO)C(O)CCCCCCCCCCCCCCCCCCCCCCCCCC. The molecule has 0 aromatic carbocycles. The maximum absolute atomic E-state index is 12.5. The Morgan fingerprint density at radius 1 is 0.352 bits per heavy atom. The fourth-order valence-corrected chi connectivity index (χ4v) is 8.68.